The normalized spacial score (nSPS) is 10.9. The number of thiophene rings is 1. The quantitative estimate of drug-likeness (QED) is 0.331. The smallest absolute Gasteiger partial charge is 0.276 e. The molecule has 0 radical (unpaired) electrons. The van der Waals surface area contributed by atoms with E-state index >= 15 is 0 Å². The highest BCUT2D eigenvalue weighted by molar-refractivity contribution is 7.99. The van der Waals surface area contributed by atoms with Gasteiger partial charge >= 0.3 is 0 Å². The maximum Gasteiger partial charge on any atom is 0.276 e. The van der Waals surface area contributed by atoms with Crippen molar-refractivity contribution in [2.45, 2.75) is 5.16 Å². The lowest BCUT2D eigenvalue weighted by atomic mass is 10.3. The molecule has 0 saturated heterocycles. The number of carbonyl (C=O) groups excluding carboxylic acids is 1. The summed E-state index contributed by atoms with van der Waals surface area (Å²) in [4.78, 5) is 30.2. The van der Waals surface area contributed by atoms with Gasteiger partial charge in [0.1, 0.15) is 10.4 Å². The van der Waals surface area contributed by atoms with E-state index in [0.29, 0.717) is 37.5 Å². The molecule has 4 aromatic rings. The minimum Gasteiger partial charge on any atom is -0.495 e. The summed E-state index contributed by atoms with van der Waals surface area (Å²) in [5.41, 5.74) is 1.60. The van der Waals surface area contributed by atoms with Crippen molar-refractivity contribution < 1.29 is 9.53 Å². The lowest BCUT2D eigenvalue weighted by Crippen LogP contribution is -2.22. The first-order valence-electron chi connectivity index (χ1n) is 8.88. The van der Waals surface area contributed by atoms with Crippen LogP contribution < -0.4 is 15.6 Å². The molecular formula is C21H16ClN3O3S2. The molecule has 9 heteroatoms. The highest BCUT2D eigenvalue weighted by Gasteiger charge is 2.16. The molecule has 0 bridgehead atoms. The van der Waals surface area contributed by atoms with Crippen LogP contribution in [0.15, 0.2) is 69.9 Å². The average molecular weight is 458 g/mol. The fourth-order valence-corrected chi connectivity index (χ4v) is 4.65. The molecule has 0 aliphatic heterocycles. The Balaban J connectivity index is 1.64. The number of para-hydroxylation sites is 2. The van der Waals surface area contributed by atoms with Gasteiger partial charge in [0.25, 0.3) is 5.56 Å². The van der Waals surface area contributed by atoms with E-state index in [1.54, 1.807) is 49.6 Å². The fraction of sp³-hybridized carbons (Fsp3) is 0.0952. The third-order valence-electron chi connectivity index (χ3n) is 4.23. The topological polar surface area (TPSA) is 73.2 Å². The van der Waals surface area contributed by atoms with Gasteiger partial charge in [-0.25, -0.2) is 4.98 Å². The molecule has 30 heavy (non-hydrogen) atoms. The lowest BCUT2D eigenvalue weighted by Gasteiger charge is -2.13. The van der Waals surface area contributed by atoms with E-state index in [1.165, 1.54) is 27.7 Å². The van der Waals surface area contributed by atoms with Gasteiger partial charge in [-0.1, -0.05) is 41.6 Å². The van der Waals surface area contributed by atoms with Gasteiger partial charge in [0, 0.05) is 5.02 Å². The van der Waals surface area contributed by atoms with Gasteiger partial charge in [-0.3, -0.25) is 14.2 Å². The van der Waals surface area contributed by atoms with Crippen molar-refractivity contribution >= 4 is 56.5 Å². The monoisotopic (exact) mass is 457 g/mol. The van der Waals surface area contributed by atoms with Crippen molar-refractivity contribution in [1.29, 1.82) is 0 Å². The number of hydrogen-bond donors (Lipinski definition) is 1. The zero-order valence-corrected chi connectivity index (χ0v) is 18.2. The van der Waals surface area contributed by atoms with Crippen LogP contribution in [0.3, 0.4) is 0 Å². The van der Waals surface area contributed by atoms with Gasteiger partial charge in [0.05, 0.1) is 29.8 Å². The van der Waals surface area contributed by atoms with Crippen molar-refractivity contribution in [3.05, 3.63) is 75.4 Å². The number of ether oxygens (including phenoxy) is 1. The van der Waals surface area contributed by atoms with Gasteiger partial charge in [-0.05, 0) is 41.8 Å². The Bertz CT molecular complexity index is 1290. The molecule has 0 fully saturated rings. The highest BCUT2D eigenvalue weighted by Crippen LogP contribution is 2.26. The predicted octanol–water partition coefficient (Wildman–Crippen LogP) is 4.84. The van der Waals surface area contributed by atoms with Crippen LogP contribution in [0.25, 0.3) is 15.9 Å². The predicted molar refractivity (Wildman–Crippen MR) is 123 cm³/mol. The molecule has 0 atom stereocenters. The minimum absolute atomic E-state index is 0.0701. The molecule has 152 valence electrons. The number of nitrogens with zero attached hydrogens (tertiary/aromatic N) is 2. The first kappa shape index (κ1) is 20.5. The van der Waals surface area contributed by atoms with Crippen LogP contribution in [0.5, 0.6) is 5.75 Å². The van der Waals surface area contributed by atoms with Crippen molar-refractivity contribution in [3.63, 3.8) is 0 Å². The van der Waals surface area contributed by atoms with Crippen molar-refractivity contribution in [3.8, 4) is 11.4 Å². The molecule has 0 aliphatic rings. The summed E-state index contributed by atoms with van der Waals surface area (Å²) >= 11 is 8.64. The Morgan fingerprint density at radius 3 is 2.87 bits per heavy atom. The summed E-state index contributed by atoms with van der Waals surface area (Å²) in [6.45, 7) is 0. The number of aromatic nitrogens is 2. The van der Waals surface area contributed by atoms with E-state index in [4.69, 9.17) is 16.3 Å². The molecule has 1 N–H and O–H groups in total. The van der Waals surface area contributed by atoms with E-state index in [2.05, 4.69) is 10.3 Å². The molecule has 1 amide bonds. The first-order valence-corrected chi connectivity index (χ1v) is 11.1. The third kappa shape index (κ3) is 4.21. The highest BCUT2D eigenvalue weighted by atomic mass is 35.5. The van der Waals surface area contributed by atoms with Gasteiger partial charge in [0.2, 0.25) is 5.91 Å². The summed E-state index contributed by atoms with van der Waals surface area (Å²) in [5.74, 6) is 0.409. The summed E-state index contributed by atoms with van der Waals surface area (Å²) in [5, 5.41) is 5.58. The number of nitrogens with one attached hydrogen (secondary N) is 1. The molecule has 2 aromatic heterocycles. The number of benzene rings is 2. The summed E-state index contributed by atoms with van der Waals surface area (Å²) < 4.78 is 7.31. The van der Waals surface area contributed by atoms with Crippen LogP contribution in [0.1, 0.15) is 0 Å². The van der Waals surface area contributed by atoms with Crippen LogP contribution in [-0.4, -0.2) is 28.3 Å². The van der Waals surface area contributed by atoms with E-state index in [-0.39, 0.29) is 17.2 Å². The van der Waals surface area contributed by atoms with Gasteiger partial charge < -0.3 is 10.1 Å². The van der Waals surface area contributed by atoms with Crippen LogP contribution in [0.2, 0.25) is 5.02 Å². The zero-order chi connectivity index (χ0) is 21.1. The maximum absolute atomic E-state index is 13.1. The molecule has 6 nitrogen and oxygen atoms in total. The van der Waals surface area contributed by atoms with Gasteiger partial charge in [0.15, 0.2) is 5.16 Å². The molecule has 0 aliphatic carbocycles. The first-order chi connectivity index (χ1) is 14.6. The molecule has 2 heterocycles. The Labute approximate surface area is 185 Å². The van der Waals surface area contributed by atoms with Crippen LogP contribution in [0.4, 0.5) is 5.69 Å². The number of rotatable bonds is 6. The van der Waals surface area contributed by atoms with Crippen LogP contribution in [0, 0.1) is 0 Å². The second kappa shape index (κ2) is 8.91. The Morgan fingerprint density at radius 2 is 2.07 bits per heavy atom. The Hall–Kier alpha value is -2.81. The maximum atomic E-state index is 13.1. The molecule has 4 rings (SSSR count). The molecule has 0 unspecified atom stereocenters. The van der Waals surface area contributed by atoms with Crippen molar-refractivity contribution in [2.75, 3.05) is 18.2 Å². The third-order valence-corrected chi connectivity index (χ3v) is 6.29. The molecule has 0 saturated carbocycles. The van der Waals surface area contributed by atoms with E-state index < -0.39 is 0 Å². The largest absolute Gasteiger partial charge is 0.495 e. The second-order valence-electron chi connectivity index (χ2n) is 6.19. The summed E-state index contributed by atoms with van der Waals surface area (Å²) in [6.07, 6.45) is 0. The van der Waals surface area contributed by atoms with E-state index in [0.717, 1.165) is 0 Å². The zero-order valence-electron chi connectivity index (χ0n) is 15.8. The average Bonchev–Trinajstić information content (AvgIpc) is 3.22. The van der Waals surface area contributed by atoms with Gasteiger partial charge in [-0.2, -0.15) is 0 Å². The Kier molecular flexibility index (Phi) is 6.08. The number of thioether (sulfide) groups is 1. The summed E-state index contributed by atoms with van der Waals surface area (Å²) in [6, 6.07) is 16.0. The number of anilines is 1. The van der Waals surface area contributed by atoms with Gasteiger partial charge in [-0.15, -0.1) is 11.3 Å². The van der Waals surface area contributed by atoms with E-state index in [9.17, 15) is 9.59 Å². The summed E-state index contributed by atoms with van der Waals surface area (Å²) in [7, 11) is 1.55. The molecule has 0 spiro atoms. The van der Waals surface area contributed by atoms with E-state index in [1.807, 2.05) is 17.5 Å². The number of methoxy groups -OCH3 is 1. The number of carbonyl (C=O) groups is 1. The van der Waals surface area contributed by atoms with Crippen molar-refractivity contribution in [2.24, 2.45) is 0 Å². The van der Waals surface area contributed by atoms with Crippen molar-refractivity contribution in [1.82, 2.24) is 9.55 Å². The Morgan fingerprint density at radius 1 is 1.23 bits per heavy atom. The standard InChI is InChI=1S/C21H16ClN3O3S2/c1-28-17-8-3-2-7-15(17)23-18(26)12-30-21-24-16-9-10-29-19(16)20(27)25(21)14-6-4-5-13(22)11-14/h2-11H,12H2,1H3,(H,23,26). The minimum atomic E-state index is -0.234. The van der Waals surface area contributed by atoms with Crippen LogP contribution in [-0.2, 0) is 4.79 Å². The molecule has 2 aromatic carbocycles. The second-order valence-corrected chi connectivity index (χ2v) is 8.48. The lowest BCUT2D eigenvalue weighted by molar-refractivity contribution is -0.113. The number of amides is 1. The number of halogens is 1. The fourth-order valence-electron chi connectivity index (χ4n) is 2.90. The molecular weight excluding hydrogens is 442 g/mol. The van der Waals surface area contributed by atoms with Crippen LogP contribution >= 0.6 is 34.7 Å². The number of hydrogen-bond acceptors (Lipinski definition) is 6. The number of fused-ring (bicyclic) bond motifs is 1. The SMILES string of the molecule is COc1ccccc1NC(=O)CSc1nc2ccsc2c(=O)n1-c1cccc(Cl)c1.